The largest absolute Gasteiger partial charge is 0.355 e. The topological polar surface area (TPSA) is 29.9 Å². The summed E-state index contributed by atoms with van der Waals surface area (Å²) in [4.78, 5) is 5.36. The van der Waals surface area contributed by atoms with Gasteiger partial charge in [0.1, 0.15) is 5.01 Å². The summed E-state index contributed by atoms with van der Waals surface area (Å²) in [7, 11) is 2.54. The first-order valence-corrected chi connectivity index (χ1v) is 28.6. The van der Waals surface area contributed by atoms with Crippen LogP contribution in [0.1, 0.15) is 154 Å². The highest BCUT2D eigenvalue weighted by Gasteiger charge is 2.46. The molecular formula is C71H69BN3S. The van der Waals surface area contributed by atoms with Gasteiger partial charge in [-0.15, -0.1) is 11.3 Å². The van der Waals surface area contributed by atoms with E-state index in [9.17, 15) is 0 Å². The van der Waals surface area contributed by atoms with Crippen LogP contribution in [0.4, 0.5) is 11.4 Å². The Morgan fingerprint density at radius 1 is 0.566 bits per heavy atom. The summed E-state index contributed by atoms with van der Waals surface area (Å²) in [6.45, 7) is 33.7. The Morgan fingerprint density at radius 2 is 1.21 bits per heavy atom. The van der Waals surface area contributed by atoms with Crippen LogP contribution in [-0.2, 0) is 32.5 Å². The predicted molar refractivity (Wildman–Crippen MR) is 327 cm³/mol. The molecule has 1 N–H and O–H groups in total. The SMILES string of the molecule is CC(C)(C)c1ccc(Nc2cc3c(cc2-c2c4c(c5c6cc(C(C)(C)C)ccc6n6c5c2[B]c2cc5nc(-c7ccccc7)sc5cc2-6)C(C)(C)c2ccccc2-4)-c2cc4c(cc2C3(C)C)C(C)(C)CCC4(C)C)cc1. The molecular weight excluding hydrogens is 938 g/mol. The van der Waals surface area contributed by atoms with Crippen LogP contribution in [0.2, 0.25) is 0 Å². The first-order chi connectivity index (χ1) is 35.9. The first-order valence-electron chi connectivity index (χ1n) is 27.8. The standard InChI is InChI=1S/C71H69BN3S/c1-66(2,3)40-24-27-42(28-25-40)73-54-36-50-44(45-34-51-52(35-49(45)70(50,11)12)69(9,10)31-30-68(51,7)8)33-46(54)60-59-43-22-18-19-23-48(43)71(13,14)62(59)61-47-32-41(67(4,5)6)26-29-56(47)75-57-38-58-55(37-53(57)72-63(60)64(61)75)74-65(76-58)39-20-16-15-17-21-39/h15-29,32-38,73H,30-31H2,1-14H3. The Balaban J connectivity index is 1.13. The van der Waals surface area contributed by atoms with E-state index in [1.165, 1.54) is 134 Å². The zero-order valence-corrected chi connectivity index (χ0v) is 47.8. The summed E-state index contributed by atoms with van der Waals surface area (Å²) < 4.78 is 3.84. The molecule has 8 aromatic carbocycles. The zero-order valence-electron chi connectivity index (χ0n) is 47.0. The van der Waals surface area contributed by atoms with Crippen LogP contribution in [0.3, 0.4) is 0 Å². The molecule has 1 radical (unpaired) electrons. The van der Waals surface area contributed by atoms with Gasteiger partial charge in [0, 0.05) is 55.3 Å². The van der Waals surface area contributed by atoms with Crippen LogP contribution in [0.5, 0.6) is 0 Å². The lowest BCUT2D eigenvalue weighted by Crippen LogP contribution is -2.38. The van der Waals surface area contributed by atoms with Crippen LogP contribution in [-0.4, -0.2) is 16.8 Å². The quantitative estimate of drug-likeness (QED) is 0.178. The fraction of sp³-hybridized carbons (Fsp3) is 0.310. The molecule has 0 fully saturated rings. The molecule has 377 valence electrons. The number of aromatic nitrogens is 2. The van der Waals surface area contributed by atoms with Gasteiger partial charge in [-0.05, 0) is 167 Å². The van der Waals surface area contributed by atoms with Crippen LogP contribution in [0.25, 0.3) is 81.7 Å². The van der Waals surface area contributed by atoms with Crippen molar-refractivity contribution in [2.45, 2.75) is 142 Å². The van der Waals surface area contributed by atoms with Gasteiger partial charge in [0.25, 0.3) is 0 Å². The highest BCUT2D eigenvalue weighted by molar-refractivity contribution is 7.21. The molecule has 0 amide bonds. The second-order valence-corrected chi connectivity index (χ2v) is 28.4. The van der Waals surface area contributed by atoms with Crippen molar-refractivity contribution in [2.75, 3.05) is 5.32 Å². The van der Waals surface area contributed by atoms with Gasteiger partial charge in [-0.2, -0.15) is 0 Å². The molecule has 3 heterocycles. The maximum absolute atomic E-state index is 5.36. The fourth-order valence-corrected chi connectivity index (χ4v) is 15.2. The number of hydrogen-bond acceptors (Lipinski definition) is 3. The lowest BCUT2D eigenvalue weighted by Gasteiger charge is -2.42. The van der Waals surface area contributed by atoms with Crippen molar-refractivity contribution in [2.24, 2.45) is 0 Å². The number of rotatable bonds is 4. The van der Waals surface area contributed by atoms with Crippen molar-refractivity contribution < 1.29 is 0 Å². The molecule has 4 aliphatic rings. The smallest absolute Gasteiger partial charge is 0.198 e. The van der Waals surface area contributed by atoms with Crippen molar-refractivity contribution >= 4 is 72.9 Å². The van der Waals surface area contributed by atoms with Gasteiger partial charge in [-0.25, -0.2) is 4.98 Å². The van der Waals surface area contributed by atoms with Gasteiger partial charge < -0.3 is 9.88 Å². The number of anilines is 2. The number of benzene rings is 8. The molecule has 14 rings (SSSR count). The number of nitrogens with one attached hydrogen (secondary N) is 1. The van der Waals surface area contributed by atoms with Crippen LogP contribution >= 0.6 is 11.3 Å². The molecule has 3 aliphatic carbocycles. The van der Waals surface area contributed by atoms with E-state index in [2.05, 4.69) is 248 Å². The monoisotopic (exact) mass is 1010 g/mol. The fourth-order valence-electron chi connectivity index (χ4n) is 14.2. The van der Waals surface area contributed by atoms with E-state index < -0.39 is 0 Å². The average molecular weight is 1010 g/mol. The first kappa shape index (κ1) is 47.7. The molecule has 10 aromatic rings. The van der Waals surface area contributed by atoms with Crippen molar-refractivity contribution in [1.82, 2.24) is 9.55 Å². The predicted octanol–water partition coefficient (Wildman–Crippen LogP) is 18.0. The third kappa shape index (κ3) is 6.69. The normalized spacial score (nSPS) is 17.0. The molecule has 0 saturated carbocycles. The van der Waals surface area contributed by atoms with Gasteiger partial charge in [0.05, 0.1) is 15.7 Å². The Morgan fingerprint density at radius 3 is 1.92 bits per heavy atom. The van der Waals surface area contributed by atoms with E-state index >= 15 is 0 Å². The molecule has 0 atom stereocenters. The minimum absolute atomic E-state index is 0.0375. The summed E-state index contributed by atoms with van der Waals surface area (Å²) in [5, 5.41) is 7.91. The summed E-state index contributed by atoms with van der Waals surface area (Å²) in [6, 6.07) is 51.8. The van der Waals surface area contributed by atoms with Gasteiger partial charge in [0.15, 0.2) is 7.28 Å². The maximum Gasteiger partial charge on any atom is 0.198 e. The molecule has 5 heteroatoms. The molecule has 3 nitrogen and oxygen atoms in total. The maximum atomic E-state index is 5.36. The highest BCUT2D eigenvalue weighted by atomic mass is 32.1. The second kappa shape index (κ2) is 15.5. The Hall–Kier alpha value is -6.69. The highest BCUT2D eigenvalue weighted by Crippen LogP contribution is 2.60. The van der Waals surface area contributed by atoms with Crippen LogP contribution < -0.4 is 16.2 Å². The summed E-state index contributed by atoms with van der Waals surface area (Å²) in [6.07, 6.45) is 2.37. The van der Waals surface area contributed by atoms with Crippen molar-refractivity contribution in [3.8, 4) is 49.6 Å². The van der Waals surface area contributed by atoms with Gasteiger partial charge >= 0.3 is 0 Å². The molecule has 0 saturated heterocycles. The van der Waals surface area contributed by atoms with Crippen LogP contribution in [0.15, 0.2) is 133 Å². The summed E-state index contributed by atoms with van der Waals surface area (Å²) in [5.41, 5.74) is 29.5. The molecule has 0 bridgehead atoms. The minimum atomic E-state index is -0.304. The van der Waals surface area contributed by atoms with Crippen molar-refractivity contribution in [3.63, 3.8) is 0 Å². The molecule has 76 heavy (non-hydrogen) atoms. The number of fused-ring (bicyclic) bond motifs is 14. The van der Waals surface area contributed by atoms with Gasteiger partial charge in [0.2, 0.25) is 0 Å². The van der Waals surface area contributed by atoms with Gasteiger partial charge in [-0.3, -0.25) is 0 Å². The Labute approximate surface area is 455 Å². The number of nitrogens with zero attached hydrogens (tertiary/aromatic N) is 2. The van der Waals surface area contributed by atoms with E-state index in [4.69, 9.17) is 4.98 Å². The average Bonchev–Trinajstić information content (AvgIpc) is 4.09. The second-order valence-electron chi connectivity index (χ2n) is 27.4. The van der Waals surface area contributed by atoms with E-state index in [-0.39, 0.29) is 32.5 Å². The van der Waals surface area contributed by atoms with Crippen molar-refractivity contribution in [1.29, 1.82) is 0 Å². The molecule has 0 spiro atoms. The van der Waals surface area contributed by atoms with Crippen molar-refractivity contribution in [3.05, 3.63) is 178 Å². The third-order valence-corrected chi connectivity index (χ3v) is 19.9. The lowest BCUT2D eigenvalue weighted by molar-refractivity contribution is 0.331. The Bertz CT molecular complexity index is 4160. The molecule has 1 aliphatic heterocycles. The third-order valence-electron chi connectivity index (χ3n) is 18.8. The lowest BCUT2D eigenvalue weighted by atomic mass is 9.57. The number of thiazole rings is 1. The summed E-state index contributed by atoms with van der Waals surface area (Å²) in [5.74, 6) is 0. The van der Waals surface area contributed by atoms with Crippen LogP contribution in [0, 0.1) is 0 Å². The zero-order chi connectivity index (χ0) is 53.0. The minimum Gasteiger partial charge on any atom is -0.355 e. The van der Waals surface area contributed by atoms with E-state index in [1.54, 1.807) is 11.3 Å². The van der Waals surface area contributed by atoms with Gasteiger partial charge in [-0.1, -0.05) is 181 Å². The van der Waals surface area contributed by atoms with E-state index in [0.717, 1.165) is 27.5 Å². The Kier molecular flexibility index (Phi) is 9.74. The summed E-state index contributed by atoms with van der Waals surface area (Å²) >= 11 is 1.79. The number of hydrogen-bond donors (Lipinski definition) is 1. The molecule has 0 unspecified atom stereocenters. The molecule has 2 aromatic heterocycles. The van der Waals surface area contributed by atoms with E-state index in [0.29, 0.717) is 0 Å². The van der Waals surface area contributed by atoms with E-state index in [1.807, 2.05) is 0 Å².